The van der Waals surface area contributed by atoms with Gasteiger partial charge in [-0.05, 0) is 25.0 Å². The Morgan fingerprint density at radius 2 is 2.15 bits per heavy atom. The summed E-state index contributed by atoms with van der Waals surface area (Å²) < 4.78 is 11.0. The molecule has 3 rings (SSSR count). The van der Waals surface area contributed by atoms with Crippen LogP contribution in [0.4, 0.5) is 0 Å². The zero-order valence-electron chi connectivity index (χ0n) is 11.3. The molecule has 0 bridgehead atoms. The normalized spacial score (nSPS) is 17.8. The first-order valence-corrected chi connectivity index (χ1v) is 6.76. The van der Waals surface area contributed by atoms with Gasteiger partial charge in [0.05, 0.1) is 0 Å². The van der Waals surface area contributed by atoms with Gasteiger partial charge < -0.3 is 14.2 Å². The zero-order valence-corrected chi connectivity index (χ0v) is 11.3. The Balaban J connectivity index is 1.91. The Hall–Kier alpha value is -2.13. The number of aromatic nitrogens is 3. The molecule has 2 heterocycles. The fourth-order valence-electron chi connectivity index (χ4n) is 2.74. The SMILES string of the molecule is COC1(c2noc(-c3ccc(C#N)[nH]3)n2)CCCCC1. The summed E-state index contributed by atoms with van der Waals surface area (Å²) in [6, 6.07) is 5.48. The highest BCUT2D eigenvalue weighted by atomic mass is 16.5. The van der Waals surface area contributed by atoms with E-state index >= 15 is 0 Å². The maximum Gasteiger partial charge on any atom is 0.274 e. The van der Waals surface area contributed by atoms with Crippen LogP contribution in [0.5, 0.6) is 0 Å². The van der Waals surface area contributed by atoms with Crippen molar-refractivity contribution in [2.75, 3.05) is 7.11 Å². The van der Waals surface area contributed by atoms with Gasteiger partial charge in [0.25, 0.3) is 5.89 Å². The van der Waals surface area contributed by atoms with Crippen molar-refractivity contribution in [2.45, 2.75) is 37.7 Å². The van der Waals surface area contributed by atoms with Crippen LogP contribution in [0.25, 0.3) is 11.6 Å². The molecule has 6 nitrogen and oxygen atoms in total. The predicted molar refractivity (Wildman–Crippen MR) is 70.6 cm³/mol. The average molecular weight is 272 g/mol. The van der Waals surface area contributed by atoms with Gasteiger partial charge in [0.1, 0.15) is 23.1 Å². The fourth-order valence-corrected chi connectivity index (χ4v) is 2.74. The first-order valence-electron chi connectivity index (χ1n) is 6.76. The molecule has 1 N–H and O–H groups in total. The van der Waals surface area contributed by atoms with Crippen LogP contribution >= 0.6 is 0 Å². The molecule has 0 spiro atoms. The zero-order chi connectivity index (χ0) is 14.0. The Labute approximate surface area is 116 Å². The average Bonchev–Trinajstić information content (AvgIpc) is 3.16. The Kier molecular flexibility index (Phi) is 3.28. The van der Waals surface area contributed by atoms with E-state index in [-0.39, 0.29) is 0 Å². The monoisotopic (exact) mass is 272 g/mol. The second-order valence-electron chi connectivity index (χ2n) is 5.08. The first kappa shape index (κ1) is 12.9. The smallest absolute Gasteiger partial charge is 0.274 e. The number of nitriles is 1. The summed E-state index contributed by atoms with van der Waals surface area (Å²) in [5, 5.41) is 12.9. The van der Waals surface area contributed by atoms with Crippen LogP contribution < -0.4 is 0 Å². The molecule has 2 aromatic heterocycles. The van der Waals surface area contributed by atoms with E-state index < -0.39 is 5.60 Å². The van der Waals surface area contributed by atoms with Gasteiger partial charge in [0, 0.05) is 7.11 Å². The molecular weight excluding hydrogens is 256 g/mol. The number of ether oxygens (including phenoxy) is 1. The highest BCUT2D eigenvalue weighted by Crippen LogP contribution is 2.39. The van der Waals surface area contributed by atoms with Crippen molar-refractivity contribution in [3.63, 3.8) is 0 Å². The lowest BCUT2D eigenvalue weighted by Crippen LogP contribution is -2.32. The molecule has 0 aliphatic heterocycles. The molecule has 0 atom stereocenters. The van der Waals surface area contributed by atoms with Gasteiger partial charge >= 0.3 is 0 Å². The topological polar surface area (TPSA) is 87.7 Å². The van der Waals surface area contributed by atoms with Crippen LogP contribution in [0, 0.1) is 11.3 Å². The van der Waals surface area contributed by atoms with Gasteiger partial charge in [0.2, 0.25) is 5.82 Å². The largest absolute Gasteiger partial charge is 0.370 e. The lowest BCUT2D eigenvalue weighted by atomic mass is 9.84. The van der Waals surface area contributed by atoms with Crippen molar-refractivity contribution in [1.29, 1.82) is 5.26 Å². The fraction of sp³-hybridized carbons (Fsp3) is 0.500. The molecule has 104 valence electrons. The molecule has 6 heteroatoms. The second kappa shape index (κ2) is 5.10. The second-order valence-corrected chi connectivity index (χ2v) is 5.08. The number of methoxy groups -OCH3 is 1. The van der Waals surface area contributed by atoms with Crippen LogP contribution in [0.1, 0.15) is 43.6 Å². The van der Waals surface area contributed by atoms with Gasteiger partial charge in [-0.15, -0.1) is 0 Å². The summed E-state index contributed by atoms with van der Waals surface area (Å²) >= 11 is 0. The van der Waals surface area contributed by atoms with Crippen LogP contribution in [-0.4, -0.2) is 22.2 Å². The quantitative estimate of drug-likeness (QED) is 0.928. The summed E-state index contributed by atoms with van der Waals surface area (Å²) in [7, 11) is 1.70. The third kappa shape index (κ3) is 2.10. The number of hydrogen-bond donors (Lipinski definition) is 1. The van der Waals surface area contributed by atoms with Crippen molar-refractivity contribution in [3.05, 3.63) is 23.7 Å². The Morgan fingerprint density at radius 1 is 1.35 bits per heavy atom. The Bertz CT molecular complexity index is 632. The highest BCUT2D eigenvalue weighted by Gasteiger charge is 2.38. The molecule has 0 radical (unpaired) electrons. The summed E-state index contributed by atoms with van der Waals surface area (Å²) in [5.74, 6) is 0.992. The molecule has 0 amide bonds. The van der Waals surface area contributed by atoms with Crippen LogP contribution in [0.15, 0.2) is 16.7 Å². The summed E-state index contributed by atoms with van der Waals surface area (Å²) in [5.41, 5.74) is 0.700. The van der Waals surface area contributed by atoms with Gasteiger partial charge in [-0.2, -0.15) is 10.2 Å². The summed E-state index contributed by atoms with van der Waals surface area (Å²) in [6.45, 7) is 0. The van der Waals surface area contributed by atoms with E-state index in [2.05, 4.69) is 15.1 Å². The van der Waals surface area contributed by atoms with Crippen LogP contribution in [0.2, 0.25) is 0 Å². The van der Waals surface area contributed by atoms with Crippen molar-refractivity contribution in [1.82, 2.24) is 15.1 Å². The van der Waals surface area contributed by atoms with E-state index in [0.717, 1.165) is 25.7 Å². The Morgan fingerprint density at radius 3 is 2.80 bits per heavy atom. The van der Waals surface area contributed by atoms with E-state index in [0.29, 0.717) is 23.1 Å². The van der Waals surface area contributed by atoms with Gasteiger partial charge in [-0.25, -0.2) is 0 Å². The summed E-state index contributed by atoms with van der Waals surface area (Å²) in [4.78, 5) is 7.38. The maximum absolute atomic E-state index is 8.82. The molecule has 2 aromatic rings. The van der Waals surface area contributed by atoms with E-state index in [1.165, 1.54) is 6.42 Å². The molecule has 1 fully saturated rings. The van der Waals surface area contributed by atoms with E-state index in [1.54, 1.807) is 19.2 Å². The van der Waals surface area contributed by atoms with Crippen molar-refractivity contribution < 1.29 is 9.26 Å². The number of nitrogens with zero attached hydrogens (tertiary/aromatic N) is 3. The number of hydrogen-bond acceptors (Lipinski definition) is 5. The number of aromatic amines is 1. The third-order valence-corrected chi connectivity index (χ3v) is 3.92. The number of H-pyrrole nitrogens is 1. The van der Waals surface area contributed by atoms with Crippen LogP contribution in [-0.2, 0) is 10.3 Å². The standard InChI is InChI=1S/C14H16N4O2/c1-19-14(7-3-2-4-8-14)13-17-12(20-18-13)11-6-5-10(9-15)16-11/h5-6,16H,2-4,7-8H2,1H3. The first-order chi connectivity index (χ1) is 9.77. The number of rotatable bonds is 3. The highest BCUT2D eigenvalue weighted by molar-refractivity contribution is 5.49. The third-order valence-electron chi connectivity index (χ3n) is 3.92. The minimum Gasteiger partial charge on any atom is -0.370 e. The molecule has 0 unspecified atom stereocenters. The van der Waals surface area contributed by atoms with Crippen molar-refractivity contribution in [2.24, 2.45) is 0 Å². The molecule has 20 heavy (non-hydrogen) atoms. The predicted octanol–water partition coefficient (Wildman–Crippen LogP) is 2.74. The van der Waals surface area contributed by atoms with Crippen LogP contribution in [0.3, 0.4) is 0 Å². The lowest BCUT2D eigenvalue weighted by molar-refractivity contribution is -0.0527. The van der Waals surface area contributed by atoms with E-state index in [9.17, 15) is 0 Å². The van der Waals surface area contributed by atoms with E-state index in [4.69, 9.17) is 14.5 Å². The molecule has 1 aliphatic rings. The minimum atomic E-state index is -0.426. The number of nitrogens with one attached hydrogen (secondary N) is 1. The molecule has 1 saturated carbocycles. The lowest BCUT2D eigenvalue weighted by Gasteiger charge is -2.32. The molecule has 0 saturated heterocycles. The molecule has 1 aliphatic carbocycles. The van der Waals surface area contributed by atoms with Gasteiger partial charge in [0.15, 0.2) is 0 Å². The summed E-state index contributed by atoms with van der Waals surface area (Å²) in [6.07, 6.45) is 5.27. The molecular formula is C14H16N4O2. The van der Waals surface area contributed by atoms with Crippen molar-refractivity contribution in [3.8, 4) is 17.7 Å². The molecule has 0 aromatic carbocycles. The van der Waals surface area contributed by atoms with E-state index in [1.807, 2.05) is 6.07 Å². The van der Waals surface area contributed by atoms with Crippen molar-refractivity contribution >= 4 is 0 Å². The van der Waals surface area contributed by atoms with Gasteiger partial charge in [-0.3, -0.25) is 0 Å². The minimum absolute atomic E-state index is 0.392. The van der Waals surface area contributed by atoms with Gasteiger partial charge in [-0.1, -0.05) is 24.4 Å². The maximum atomic E-state index is 8.82.